The van der Waals surface area contributed by atoms with Gasteiger partial charge in [0.05, 0.1) is 11.9 Å². The minimum atomic E-state index is -0.00921. The fraction of sp³-hybridized carbons (Fsp3) is 0.500. The first-order chi connectivity index (χ1) is 10.1. The molecule has 3 heterocycles. The summed E-state index contributed by atoms with van der Waals surface area (Å²) in [4.78, 5) is 18.1. The van der Waals surface area contributed by atoms with Crippen LogP contribution in [-0.2, 0) is 0 Å². The first-order valence-electron chi connectivity index (χ1n) is 7.03. The van der Waals surface area contributed by atoms with Crippen LogP contribution >= 0.6 is 11.3 Å². The van der Waals surface area contributed by atoms with E-state index in [1.165, 1.54) is 11.3 Å². The van der Waals surface area contributed by atoms with Crippen LogP contribution in [0, 0.1) is 0 Å². The molecular formula is C14H19N5OS. The number of piperidine rings is 1. The number of rotatable bonds is 2. The van der Waals surface area contributed by atoms with Crippen LogP contribution < -0.4 is 5.73 Å². The van der Waals surface area contributed by atoms with Gasteiger partial charge in [-0.2, -0.15) is 5.10 Å². The number of amides is 1. The van der Waals surface area contributed by atoms with Crippen LogP contribution in [0.4, 0.5) is 5.69 Å². The van der Waals surface area contributed by atoms with E-state index in [0.717, 1.165) is 36.1 Å². The molecule has 2 aromatic rings. The zero-order valence-electron chi connectivity index (χ0n) is 12.2. The molecule has 0 atom stereocenters. The number of nitrogens with zero attached hydrogens (tertiary/aromatic N) is 4. The van der Waals surface area contributed by atoms with Crippen molar-refractivity contribution in [1.29, 1.82) is 0 Å². The van der Waals surface area contributed by atoms with Crippen LogP contribution in [0.15, 0.2) is 12.3 Å². The zero-order chi connectivity index (χ0) is 15.0. The Morgan fingerprint density at radius 2 is 2.19 bits per heavy atom. The highest BCUT2D eigenvalue weighted by molar-refractivity contribution is 7.21. The van der Waals surface area contributed by atoms with Crippen LogP contribution in [-0.4, -0.2) is 59.1 Å². The summed E-state index contributed by atoms with van der Waals surface area (Å²) in [5.74, 6) is -0.00921. The van der Waals surface area contributed by atoms with Gasteiger partial charge in [0.25, 0.3) is 5.91 Å². The predicted octanol–water partition coefficient (Wildman–Crippen LogP) is 1.44. The van der Waals surface area contributed by atoms with Crippen molar-refractivity contribution < 1.29 is 4.79 Å². The van der Waals surface area contributed by atoms with Crippen molar-refractivity contribution in [3.05, 3.63) is 17.1 Å². The Morgan fingerprint density at radius 1 is 1.48 bits per heavy atom. The minimum Gasteiger partial charge on any atom is -0.397 e. The van der Waals surface area contributed by atoms with Gasteiger partial charge in [-0.05, 0) is 39.0 Å². The molecule has 0 radical (unpaired) electrons. The number of aromatic nitrogens is 2. The molecule has 0 spiro atoms. The second-order valence-electron chi connectivity index (χ2n) is 5.55. The second-order valence-corrected chi connectivity index (χ2v) is 6.54. The Labute approximate surface area is 127 Å². The van der Waals surface area contributed by atoms with Crippen LogP contribution in [0.3, 0.4) is 0 Å². The highest BCUT2D eigenvalue weighted by Gasteiger charge is 2.27. The van der Waals surface area contributed by atoms with E-state index in [2.05, 4.69) is 22.1 Å². The molecule has 0 aromatic carbocycles. The number of anilines is 1. The Balaban J connectivity index is 1.84. The fourth-order valence-corrected chi connectivity index (χ4v) is 3.76. The van der Waals surface area contributed by atoms with Gasteiger partial charge < -0.3 is 15.5 Å². The third-order valence-electron chi connectivity index (χ3n) is 4.17. The quantitative estimate of drug-likeness (QED) is 0.908. The van der Waals surface area contributed by atoms with Gasteiger partial charge in [-0.25, -0.2) is 0 Å². The van der Waals surface area contributed by atoms with Crippen molar-refractivity contribution in [1.82, 2.24) is 20.0 Å². The van der Waals surface area contributed by atoms with E-state index in [0.29, 0.717) is 10.6 Å². The first kappa shape index (κ1) is 14.2. The molecule has 0 bridgehead atoms. The van der Waals surface area contributed by atoms with E-state index < -0.39 is 0 Å². The average molecular weight is 305 g/mol. The van der Waals surface area contributed by atoms with E-state index in [1.807, 2.05) is 11.9 Å². The molecule has 21 heavy (non-hydrogen) atoms. The predicted molar refractivity (Wildman–Crippen MR) is 84.4 cm³/mol. The van der Waals surface area contributed by atoms with Crippen molar-refractivity contribution in [3.8, 4) is 0 Å². The molecular weight excluding hydrogens is 286 g/mol. The SMILES string of the molecule is CN1CCC(N(C)C(=O)c2sc3nnccc3c2N)CC1. The lowest BCUT2D eigenvalue weighted by molar-refractivity contribution is 0.0665. The lowest BCUT2D eigenvalue weighted by atomic mass is 10.0. The van der Waals surface area contributed by atoms with Gasteiger partial charge in [-0.3, -0.25) is 4.79 Å². The van der Waals surface area contributed by atoms with E-state index >= 15 is 0 Å². The van der Waals surface area contributed by atoms with E-state index in [4.69, 9.17) is 5.73 Å². The standard InChI is InChI=1S/C14H19N5OS/c1-18-7-4-9(5-8-18)19(2)14(20)12-11(15)10-3-6-16-17-13(10)21-12/h3,6,9H,4-5,7-8,15H2,1-2H3. The van der Waals surface area contributed by atoms with Crippen molar-refractivity contribution in [2.75, 3.05) is 32.9 Å². The lowest BCUT2D eigenvalue weighted by Crippen LogP contribution is -2.44. The summed E-state index contributed by atoms with van der Waals surface area (Å²) in [6, 6.07) is 2.09. The largest absolute Gasteiger partial charge is 0.397 e. The number of nitrogen functional groups attached to an aromatic ring is 1. The molecule has 1 amide bonds. The normalized spacial score (nSPS) is 17.2. The molecule has 1 aliphatic rings. The summed E-state index contributed by atoms with van der Waals surface area (Å²) in [5.41, 5.74) is 6.64. The van der Waals surface area contributed by atoms with E-state index in [9.17, 15) is 4.79 Å². The maximum atomic E-state index is 12.7. The van der Waals surface area contributed by atoms with Crippen LogP contribution in [0.1, 0.15) is 22.5 Å². The molecule has 2 aromatic heterocycles. The minimum absolute atomic E-state index is 0.00921. The molecule has 0 saturated carbocycles. The Hall–Kier alpha value is -1.73. The van der Waals surface area contributed by atoms with E-state index in [1.54, 1.807) is 12.3 Å². The van der Waals surface area contributed by atoms with Crippen molar-refractivity contribution in [2.45, 2.75) is 18.9 Å². The number of carbonyl (C=O) groups excluding carboxylic acids is 1. The monoisotopic (exact) mass is 305 g/mol. The third-order valence-corrected chi connectivity index (χ3v) is 5.26. The molecule has 0 unspecified atom stereocenters. The molecule has 6 nitrogen and oxygen atoms in total. The molecule has 1 fully saturated rings. The van der Waals surface area contributed by atoms with Gasteiger partial charge >= 0.3 is 0 Å². The van der Waals surface area contributed by atoms with Gasteiger partial charge in [0, 0.05) is 18.5 Å². The van der Waals surface area contributed by atoms with Gasteiger partial charge in [-0.15, -0.1) is 16.4 Å². The van der Waals surface area contributed by atoms with Crippen LogP contribution in [0.2, 0.25) is 0 Å². The number of hydrogen-bond donors (Lipinski definition) is 1. The topological polar surface area (TPSA) is 75.3 Å². The van der Waals surface area contributed by atoms with Crippen molar-refractivity contribution >= 4 is 33.1 Å². The maximum absolute atomic E-state index is 12.7. The number of likely N-dealkylation sites (tertiary alicyclic amines) is 1. The summed E-state index contributed by atoms with van der Waals surface area (Å²) >= 11 is 1.32. The summed E-state index contributed by atoms with van der Waals surface area (Å²) in [6.45, 7) is 2.05. The second kappa shape index (κ2) is 5.57. The molecule has 1 saturated heterocycles. The van der Waals surface area contributed by atoms with Crippen LogP contribution in [0.5, 0.6) is 0 Å². The summed E-state index contributed by atoms with van der Waals surface area (Å²) in [7, 11) is 3.98. The summed E-state index contributed by atoms with van der Waals surface area (Å²) < 4.78 is 0. The number of fused-ring (bicyclic) bond motifs is 1. The number of thiophene rings is 1. The average Bonchev–Trinajstić information content (AvgIpc) is 2.84. The number of nitrogens with two attached hydrogens (primary N) is 1. The van der Waals surface area contributed by atoms with Gasteiger partial charge in [0.15, 0.2) is 0 Å². The first-order valence-corrected chi connectivity index (χ1v) is 7.85. The zero-order valence-corrected chi connectivity index (χ0v) is 13.1. The molecule has 1 aliphatic heterocycles. The highest BCUT2D eigenvalue weighted by Crippen LogP contribution is 2.33. The number of carbonyl (C=O) groups is 1. The van der Waals surface area contributed by atoms with Crippen molar-refractivity contribution in [2.24, 2.45) is 0 Å². The molecule has 7 heteroatoms. The molecule has 3 rings (SSSR count). The van der Waals surface area contributed by atoms with Crippen molar-refractivity contribution in [3.63, 3.8) is 0 Å². The Bertz CT molecular complexity index is 662. The lowest BCUT2D eigenvalue weighted by Gasteiger charge is -2.35. The highest BCUT2D eigenvalue weighted by atomic mass is 32.1. The number of hydrogen-bond acceptors (Lipinski definition) is 6. The molecule has 2 N–H and O–H groups in total. The van der Waals surface area contributed by atoms with Gasteiger partial charge in [0.1, 0.15) is 9.71 Å². The molecule has 0 aliphatic carbocycles. The maximum Gasteiger partial charge on any atom is 0.266 e. The summed E-state index contributed by atoms with van der Waals surface area (Å²) in [6.07, 6.45) is 3.60. The van der Waals surface area contributed by atoms with Gasteiger partial charge in [-0.1, -0.05) is 0 Å². The van der Waals surface area contributed by atoms with E-state index in [-0.39, 0.29) is 11.9 Å². The third kappa shape index (κ3) is 2.58. The molecule has 112 valence electrons. The Morgan fingerprint density at radius 3 is 2.86 bits per heavy atom. The van der Waals surface area contributed by atoms with Gasteiger partial charge in [0.2, 0.25) is 0 Å². The fourth-order valence-electron chi connectivity index (χ4n) is 2.74. The van der Waals surface area contributed by atoms with Crippen LogP contribution in [0.25, 0.3) is 10.2 Å². The summed E-state index contributed by atoms with van der Waals surface area (Å²) in [5, 5.41) is 8.70. The Kier molecular flexibility index (Phi) is 3.77. The smallest absolute Gasteiger partial charge is 0.266 e.